The van der Waals surface area contributed by atoms with Crippen molar-refractivity contribution in [3.05, 3.63) is 0 Å². The molecule has 0 aromatic carbocycles. The molecular weight excluding hydrogens is 128 g/mol. The minimum Gasteiger partial charge on any atom is -0.314 e. The zero-order valence-corrected chi connectivity index (χ0v) is 6.17. The Morgan fingerprint density at radius 1 is 1.60 bits per heavy atom. The molecule has 0 aromatic rings. The second kappa shape index (κ2) is 5.11. The van der Waals surface area contributed by atoms with Gasteiger partial charge in [0.2, 0.25) is 0 Å². The lowest BCUT2D eigenvalue weighted by atomic mass is 10.1. The molecular formula is C6H14N4. The van der Waals surface area contributed by atoms with Crippen LogP contribution >= 0.6 is 0 Å². The van der Waals surface area contributed by atoms with Gasteiger partial charge in [-0.1, -0.05) is 13.3 Å². The molecule has 0 amide bonds. The van der Waals surface area contributed by atoms with Crippen molar-refractivity contribution < 1.29 is 0 Å². The molecule has 0 saturated heterocycles. The van der Waals surface area contributed by atoms with Gasteiger partial charge in [-0.15, -0.1) is 0 Å². The van der Waals surface area contributed by atoms with Crippen molar-refractivity contribution in [1.82, 2.24) is 0 Å². The molecule has 10 heavy (non-hydrogen) atoms. The maximum atomic E-state index is 6.58. The SMILES string of the molecule is CCCC(N=C=N)C(N)N. The minimum atomic E-state index is -0.460. The summed E-state index contributed by atoms with van der Waals surface area (Å²) < 4.78 is 0. The van der Waals surface area contributed by atoms with Gasteiger partial charge in [0.25, 0.3) is 0 Å². The first-order valence-corrected chi connectivity index (χ1v) is 3.35. The van der Waals surface area contributed by atoms with E-state index in [-0.39, 0.29) is 6.04 Å². The Bertz CT molecular complexity index is 126. The summed E-state index contributed by atoms with van der Waals surface area (Å²) in [6, 6.07) is 1.81. The molecule has 0 radical (unpaired) electrons. The zero-order chi connectivity index (χ0) is 7.98. The standard InChI is InChI=1S/C6H14N4/c1-2-3-5(6(8)9)10-4-7/h5-7H,2-3,8-9H2,1H3. The number of hydrogen-bond donors (Lipinski definition) is 3. The van der Waals surface area contributed by atoms with Crippen LogP contribution in [0.2, 0.25) is 0 Å². The van der Waals surface area contributed by atoms with Crippen LogP contribution in [0.25, 0.3) is 0 Å². The summed E-state index contributed by atoms with van der Waals surface area (Å²) in [6.07, 6.45) is 1.34. The fourth-order valence-electron chi connectivity index (χ4n) is 0.722. The van der Waals surface area contributed by atoms with Gasteiger partial charge in [-0.2, -0.15) is 0 Å². The van der Waals surface area contributed by atoms with E-state index in [1.165, 1.54) is 0 Å². The Kier molecular flexibility index (Phi) is 4.76. The summed E-state index contributed by atoms with van der Waals surface area (Å²) in [4.78, 5) is 3.68. The first-order chi connectivity index (χ1) is 4.72. The lowest BCUT2D eigenvalue weighted by molar-refractivity contribution is 0.506. The molecule has 0 fully saturated rings. The lowest BCUT2D eigenvalue weighted by Gasteiger charge is -2.12. The molecule has 0 rings (SSSR count). The molecule has 58 valence electrons. The average molecular weight is 142 g/mol. The average Bonchev–Trinajstić information content (AvgIpc) is 1.87. The van der Waals surface area contributed by atoms with Crippen LogP contribution in [0.1, 0.15) is 19.8 Å². The van der Waals surface area contributed by atoms with E-state index >= 15 is 0 Å². The summed E-state index contributed by atoms with van der Waals surface area (Å²) in [7, 11) is 0. The van der Waals surface area contributed by atoms with E-state index < -0.39 is 6.17 Å². The van der Waals surface area contributed by atoms with Gasteiger partial charge in [0.05, 0.1) is 18.2 Å². The molecule has 5 N–H and O–H groups in total. The highest BCUT2D eigenvalue weighted by Crippen LogP contribution is 2.00. The van der Waals surface area contributed by atoms with Gasteiger partial charge >= 0.3 is 0 Å². The zero-order valence-electron chi connectivity index (χ0n) is 6.17. The second-order valence-corrected chi connectivity index (χ2v) is 2.17. The summed E-state index contributed by atoms with van der Waals surface area (Å²) >= 11 is 0. The van der Waals surface area contributed by atoms with Crippen molar-refractivity contribution in [2.24, 2.45) is 16.5 Å². The quantitative estimate of drug-likeness (QED) is 0.385. The topological polar surface area (TPSA) is 88.2 Å². The van der Waals surface area contributed by atoms with Crippen LogP contribution in [0, 0.1) is 5.41 Å². The molecule has 0 aliphatic carbocycles. The fourth-order valence-corrected chi connectivity index (χ4v) is 0.722. The number of hydrogen-bond acceptors (Lipinski definition) is 4. The highest BCUT2D eigenvalue weighted by molar-refractivity contribution is 5.36. The maximum absolute atomic E-state index is 6.58. The van der Waals surface area contributed by atoms with Gasteiger partial charge < -0.3 is 11.5 Å². The molecule has 4 nitrogen and oxygen atoms in total. The second-order valence-electron chi connectivity index (χ2n) is 2.17. The van der Waals surface area contributed by atoms with Gasteiger partial charge in [-0.3, -0.25) is 0 Å². The fraction of sp³-hybridized carbons (Fsp3) is 0.833. The number of rotatable bonds is 4. The van der Waals surface area contributed by atoms with Crippen molar-refractivity contribution >= 4 is 6.01 Å². The number of nitrogens with zero attached hydrogens (tertiary/aromatic N) is 1. The van der Waals surface area contributed by atoms with E-state index in [1.807, 2.05) is 12.9 Å². The molecule has 0 spiro atoms. The van der Waals surface area contributed by atoms with Crippen molar-refractivity contribution in [3.8, 4) is 0 Å². The van der Waals surface area contributed by atoms with Crippen LogP contribution in [-0.2, 0) is 0 Å². The van der Waals surface area contributed by atoms with Gasteiger partial charge in [0.15, 0.2) is 0 Å². The van der Waals surface area contributed by atoms with Gasteiger partial charge in [0.1, 0.15) is 0 Å². The highest BCUT2D eigenvalue weighted by atomic mass is 15.0. The van der Waals surface area contributed by atoms with Gasteiger partial charge in [0, 0.05) is 0 Å². The smallest absolute Gasteiger partial charge is 0.0889 e. The molecule has 0 aliphatic heterocycles. The van der Waals surface area contributed by atoms with E-state index in [2.05, 4.69) is 4.99 Å². The summed E-state index contributed by atoms with van der Waals surface area (Å²) in [6.45, 7) is 2.02. The molecule has 0 aromatic heterocycles. The summed E-state index contributed by atoms with van der Waals surface area (Å²) in [5.41, 5.74) is 10.7. The Morgan fingerprint density at radius 3 is 2.50 bits per heavy atom. The molecule has 0 bridgehead atoms. The Labute approximate surface area is 60.8 Å². The Hall–Kier alpha value is -0.700. The largest absolute Gasteiger partial charge is 0.314 e. The van der Waals surface area contributed by atoms with Crippen LogP contribution in [0.15, 0.2) is 4.99 Å². The van der Waals surface area contributed by atoms with Crippen LogP contribution < -0.4 is 11.5 Å². The molecule has 1 unspecified atom stereocenters. The molecule has 0 heterocycles. The summed E-state index contributed by atoms with van der Waals surface area (Å²) in [5.74, 6) is 0. The molecule has 4 heteroatoms. The van der Waals surface area contributed by atoms with Crippen molar-refractivity contribution in [2.45, 2.75) is 32.0 Å². The third kappa shape index (κ3) is 3.35. The van der Waals surface area contributed by atoms with Crippen molar-refractivity contribution in [2.75, 3.05) is 0 Å². The Balaban J connectivity index is 3.84. The number of nitrogens with two attached hydrogens (primary N) is 2. The van der Waals surface area contributed by atoms with Gasteiger partial charge in [-0.05, 0) is 6.42 Å². The third-order valence-electron chi connectivity index (χ3n) is 1.26. The van der Waals surface area contributed by atoms with E-state index in [9.17, 15) is 0 Å². The Morgan fingerprint density at radius 2 is 2.20 bits per heavy atom. The molecule has 0 aliphatic rings. The lowest BCUT2D eigenvalue weighted by Crippen LogP contribution is -2.41. The van der Waals surface area contributed by atoms with Crippen LogP contribution in [0.4, 0.5) is 0 Å². The first-order valence-electron chi connectivity index (χ1n) is 3.35. The third-order valence-corrected chi connectivity index (χ3v) is 1.26. The normalized spacial score (nSPS) is 12.8. The van der Waals surface area contributed by atoms with Crippen LogP contribution in [0.5, 0.6) is 0 Å². The minimum absolute atomic E-state index is 0.137. The monoisotopic (exact) mass is 142 g/mol. The van der Waals surface area contributed by atoms with E-state index in [0.717, 1.165) is 12.8 Å². The first kappa shape index (κ1) is 9.30. The number of nitrogens with one attached hydrogen (secondary N) is 1. The number of aliphatic imine (C=N–C) groups is 1. The van der Waals surface area contributed by atoms with E-state index in [4.69, 9.17) is 16.9 Å². The summed E-state index contributed by atoms with van der Waals surface area (Å²) in [5, 5.41) is 6.58. The van der Waals surface area contributed by atoms with Gasteiger partial charge in [-0.25, -0.2) is 10.4 Å². The van der Waals surface area contributed by atoms with Crippen molar-refractivity contribution in [3.63, 3.8) is 0 Å². The maximum Gasteiger partial charge on any atom is 0.0889 e. The molecule has 1 atom stereocenters. The highest BCUT2D eigenvalue weighted by Gasteiger charge is 2.09. The van der Waals surface area contributed by atoms with Crippen LogP contribution in [0.3, 0.4) is 0 Å². The van der Waals surface area contributed by atoms with Crippen molar-refractivity contribution in [1.29, 1.82) is 5.41 Å². The van der Waals surface area contributed by atoms with E-state index in [0.29, 0.717) is 0 Å². The predicted octanol–water partition coefficient (Wildman–Crippen LogP) is 0.151. The predicted molar refractivity (Wildman–Crippen MR) is 41.0 cm³/mol. The van der Waals surface area contributed by atoms with Crippen LogP contribution in [-0.4, -0.2) is 18.2 Å². The van der Waals surface area contributed by atoms with E-state index in [1.54, 1.807) is 0 Å². The molecule has 0 saturated carbocycles.